The monoisotopic (exact) mass is 301 g/mol. The summed E-state index contributed by atoms with van der Waals surface area (Å²) in [6.07, 6.45) is 0. The molecule has 9 heteroatoms. The third kappa shape index (κ3) is 4.06. The van der Waals surface area contributed by atoms with Crippen LogP contribution in [-0.2, 0) is 9.84 Å². The Balaban J connectivity index is 2.78. The van der Waals surface area contributed by atoms with Crippen LogP contribution in [0.4, 0.5) is 23.2 Å². The molecule has 0 bridgehead atoms. The Bertz CT molecular complexity index is 516. The van der Waals surface area contributed by atoms with E-state index in [-0.39, 0.29) is 5.69 Å². The van der Waals surface area contributed by atoms with Crippen molar-refractivity contribution in [2.75, 3.05) is 18.5 Å². The molecule has 0 radical (unpaired) electrons. The lowest BCUT2D eigenvalue weighted by atomic mass is 10.3. The molecule has 108 valence electrons. The van der Waals surface area contributed by atoms with Crippen molar-refractivity contribution in [1.29, 1.82) is 0 Å². The summed E-state index contributed by atoms with van der Waals surface area (Å²) in [5.41, 5.74) is 0.126. The van der Waals surface area contributed by atoms with E-state index in [0.29, 0.717) is 0 Å². The number of aliphatic hydroxyl groups excluding tert-OH is 1. The number of nitrogens with one attached hydrogen (secondary N) is 1. The molecule has 0 heterocycles. The van der Waals surface area contributed by atoms with Gasteiger partial charge in [-0.3, -0.25) is 0 Å². The Hall–Kier alpha value is -1.35. The summed E-state index contributed by atoms with van der Waals surface area (Å²) in [5.74, 6) is -6.86. The molecule has 1 rings (SSSR count). The summed E-state index contributed by atoms with van der Waals surface area (Å²) in [6, 6.07) is 3.95. The van der Waals surface area contributed by atoms with Crippen molar-refractivity contribution in [1.82, 2.24) is 0 Å². The lowest BCUT2D eigenvalue weighted by molar-refractivity contribution is -0.0372. The first-order valence-corrected chi connectivity index (χ1v) is 6.58. The molecule has 4 nitrogen and oxygen atoms in total. The quantitative estimate of drug-likeness (QED) is 0.785. The van der Waals surface area contributed by atoms with E-state index in [9.17, 15) is 26.0 Å². The fourth-order valence-corrected chi connectivity index (χ4v) is 1.87. The molecule has 0 saturated heterocycles. The molecule has 0 saturated carbocycles. The summed E-state index contributed by atoms with van der Waals surface area (Å²) in [4.78, 5) is -0.595. The Morgan fingerprint density at radius 2 is 1.74 bits per heavy atom. The molecule has 2 N–H and O–H groups in total. The van der Waals surface area contributed by atoms with Crippen molar-refractivity contribution in [3.63, 3.8) is 0 Å². The topological polar surface area (TPSA) is 66.4 Å². The van der Waals surface area contributed by atoms with Crippen LogP contribution in [0.1, 0.15) is 0 Å². The van der Waals surface area contributed by atoms with Crippen LogP contribution in [0, 0.1) is 0 Å². The van der Waals surface area contributed by atoms with E-state index in [4.69, 9.17) is 5.11 Å². The van der Waals surface area contributed by atoms with Crippen LogP contribution in [0.2, 0.25) is 0 Å². The van der Waals surface area contributed by atoms with E-state index in [0.717, 1.165) is 24.3 Å². The number of hydrogen-bond acceptors (Lipinski definition) is 4. The van der Waals surface area contributed by atoms with Gasteiger partial charge in [0.15, 0.2) is 0 Å². The standard InChI is InChI=1S/C10H11F4NO3S/c11-9(12)19(17,18)8-3-1-7(2-4-8)15-5-10(13,14)6-16/h1-4,9,15-16H,5-6H2. The zero-order valence-corrected chi connectivity index (χ0v) is 10.3. The second-order valence-electron chi connectivity index (χ2n) is 3.70. The van der Waals surface area contributed by atoms with Crippen molar-refractivity contribution in [2.45, 2.75) is 16.6 Å². The molecule has 1 aromatic rings. The number of aliphatic hydroxyl groups is 1. The molecule has 0 aliphatic heterocycles. The zero-order chi connectivity index (χ0) is 14.7. The molecule has 0 atom stereocenters. The predicted molar refractivity (Wildman–Crippen MR) is 60.2 cm³/mol. The highest BCUT2D eigenvalue weighted by atomic mass is 32.2. The van der Waals surface area contributed by atoms with Gasteiger partial charge >= 0.3 is 5.76 Å². The van der Waals surface area contributed by atoms with E-state index in [1.807, 2.05) is 0 Å². The van der Waals surface area contributed by atoms with Gasteiger partial charge in [0.25, 0.3) is 5.92 Å². The van der Waals surface area contributed by atoms with Crippen LogP contribution in [-0.4, -0.2) is 38.4 Å². The van der Waals surface area contributed by atoms with Gasteiger partial charge in [-0.15, -0.1) is 0 Å². The van der Waals surface area contributed by atoms with Crippen LogP contribution in [0.5, 0.6) is 0 Å². The van der Waals surface area contributed by atoms with Crippen molar-refractivity contribution in [3.8, 4) is 0 Å². The van der Waals surface area contributed by atoms with Gasteiger partial charge in [0.2, 0.25) is 9.84 Å². The highest BCUT2D eigenvalue weighted by Crippen LogP contribution is 2.21. The van der Waals surface area contributed by atoms with E-state index in [1.54, 1.807) is 0 Å². The molecule has 0 unspecified atom stereocenters. The van der Waals surface area contributed by atoms with Gasteiger partial charge < -0.3 is 10.4 Å². The minimum Gasteiger partial charge on any atom is -0.390 e. The molecule has 19 heavy (non-hydrogen) atoms. The molecule has 0 aliphatic carbocycles. The number of sulfone groups is 1. The Labute approximate surface area is 107 Å². The number of anilines is 1. The minimum atomic E-state index is -4.69. The average Bonchev–Trinajstić information content (AvgIpc) is 2.37. The average molecular weight is 301 g/mol. The summed E-state index contributed by atoms with van der Waals surface area (Å²) in [6.45, 7) is -2.19. The van der Waals surface area contributed by atoms with Gasteiger partial charge in [-0.25, -0.2) is 17.2 Å². The van der Waals surface area contributed by atoms with Crippen LogP contribution >= 0.6 is 0 Å². The summed E-state index contributed by atoms with van der Waals surface area (Å²) in [7, 11) is -4.69. The molecule has 0 aliphatic rings. The maximum Gasteiger partial charge on any atom is 0.341 e. The summed E-state index contributed by atoms with van der Waals surface area (Å²) < 4.78 is 72.0. The Morgan fingerprint density at radius 1 is 1.21 bits per heavy atom. The van der Waals surface area contributed by atoms with Gasteiger partial charge in [-0.2, -0.15) is 8.78 Å². The van der Waals surface area contributed by atoms with E-state index in [1.165, 1.54) is 0 Å². The van der Waals surface area contributed by atoms with Gasteiger partial charge in [-0.1, -0.05) is 0 Å². The van der Waals surface area contributed by atoms with Crippen LogP contribution in [0.3, 0.4) is 0 Å². The lowest BCUT2D eigenvalue weighted by Crippen LogP contribution is -2.30. The summed E-state index contributed by atoms with van der Waals surface area (Å²) >= 11 is 0. The maximum absolute atomic E-state index is 12.7. The van der Waals surface area contributed by atoms with Crippen molar-refractivity contribution in [2.24, 2.45) is 0 Å². The molecular formula is C10H11F4NO3S. The highest BCUT2D eigenvalue weighted by molar-refractivity contribution is 7.91. The van der Waals surface area contributed by atoms with Crippen LogP contribution in [0.25, 0.3) is 0 Å². The van der Waals surface area contributed by atoms with Gasteiger partial charge in [-0.05, 0) is 24.3 Å². The van der Waals surface area contributed by atoms with Crippen molar-refractivity contribution >= 4 is 15.5 Å². The van der Waals surface area contributed by atoms with Crippen molar-refractivity contribution in [3.05, 3.63) is 24.3 Å². The third-order valence-electron chi connectivity index (χ3n) is 2.20. The highest BCUT2D eigenvalue weighted by Gasteiger charge is 2.28. The number of hydrogen-bond donors (Lipinski definition) is 2. The first kappa shape index (κ1) is 15.7. The second kappa shape index (κ2) is 5.74. The SMILES string of the molecule is O=S(=O)(c1ccc(NCC(F)(F)CO)cc1)C(F)F. The minimum absolute atomic E-state index is 0.126. The predicted octanol–water partition coefficient (Wildman–Crippen LogP) is 1.72. The number of benzene rings is 1. The van der Waals surface area contributed by atoms with Crippen molar-refractivity contribution < 1.29 is 31.1 Å². The third-order valence-corrected chi connectivity index (χ3v) is 3.60. The summed E-state index contributed by atoms with van der Waals surface area (Å²) in [5, 5.41) is 10.6. The zero-order valence-electron chi connectivity index (χ0n) is 9.48. The first-order chi connectivity index (χ1) is 8.69. The molecule has 0 amide bonds. The lowest BCUT2D eigenvalue weighted by Gasteiger charge is -2.15. The molecule has 0 fully saturated rings. The second-order valence-corrected chi connectivity index (χ2v) is 5.62. The fraction of sp³-hybridized carbons (Fsp3) is 0.400. The normalized spacial score (nSPS) is 12.7. The van der Waals surface area contributed by atoms with E-state index < -0.39 is 39.6 Å². The van der Waals surface area contributed by atoms with Crippen LogP contribution in [0.15, 0.2) is 29.2 Å². The van der Waals surface area contributed by atoms with E-state index >= 15 is 0 Å². The molecular weight excluding hydrogens is 290 g/mol. The van der Waals surface area contributed by atoms with E-state index in [2.05, 4.69) is 5.32 Å². The van der Waals surface area contributed by atoms with Crippen LogP contribution < -0.4 is 5.32 Å². The van der Waals surface area contributed by atoms with Gasteiger partial charge in [0.05, 0.1) is 11.4 Å². The maximum atomic E-state index is 12.7. The smallest absolute Gasteiger partial charge is 0.341 e. The number of alkyl halides is 4. The fourth-order valence-electron chi connectivity index (χ4n) is 1.15. The number of rotatable bonds is 6. The van der Waals surface area contributed by atoms with Gasteiger partial charge in [0, 0.05) is 5.69 Å². The molecule has 0 spiro atoms. The largest absolute Gasteiger partial charge is 0.390 e. The first-order valence-electron chi connectivity index (χ1n) is 5.04. The Morgan fingerprint density at radius 3 is 2.16 bits per heavy atom. The Kier molecular flexibility index (Phi) is 4.75. The molecule has 0 aromatic heterocycles. The number of halogens is 4. The van der Waals surface area contributed by atoms with Gasteiger partial charge in [0.1, 0.15) is 6.61 Å². The molecule has 1 aromatic carbocycles.